The van der Waals surface area contributed by atoms with Crippen LogP contribution in [-0.2, 0) is 20.9 Å². The van der Waals surface area contributed by atoms with Gasteiger partial charge >= 0.3 is 5.97 Å². The molecule has 1 fully saturated rings. The third-order valence-corrected chi connectivity index (χ3v) is 3.55. The zero-order valence-electron chi connectivity index (χ0n) is 10.7. The van der Waals surface area contributed by atoms with Crippen molar-refractivity contribution in [3.05, 3.63) is 11.9 Å². The molecule has 0 unspecified atom stereocenters. The molecule has 0 N–H and O–H groups in total. The van der Waals surface area contributed by atoms with Gasteiger partial charge in [-0.25, -0.2) is 0 Å². The Morgan fingerprint density at radius 3 is 3.00 bits per heavy atom. The minimum atomic E-state index is -0.387. The van der Waals surface area contributed by atoms with Crippen molar-refractivity contribution >= 4 is 23.6 Å². The maximum atomic E-state index is 11.8. The van der Waals surface area contributed by atoms with Crippen molar-refractivity contribution in [2.24, 2.45) is 0 Å². The molecule has 1 saturated heterocycles. The van der Waals surface area contributed by atoms with Crippen molar-refractivity contribution in [3.8, 4) is 0 Å². The second kappa shape index (κ2) is 7.18. The van der Waals surface area contributed by atoms with E-state index >= 15 is 0 Å². The number of hydrogen-bond donors (Lipinski definition) is 0. The van der Waals surface area contributed by atoms with Gasteiger partial charge in [-0.05, 0) is 12.8 Å². The van der Waals surface area contributed by atoms with Gasteiger partial charge in [0, 0.05) is 13.0 Å². The third kappa shape index (κ3) is 4.59. The van der Waals surface area contributed by atoms with E-state index in [1.54, 1.807) is 11.1 Å². The molecule has 19 heavy (non-hydrogen) atoms. The average Bonchev–Trinajstić information content (AvgIpc) is 2.89. The summed E-state index contributed by atoms with van der Waals surface area (Å²) in [5.74, 6) is -0.339. The monoisotopic (exact) mass is 283 g/mol. The molecule has 0 aliphatic carbocycles. The van der Waals surface area contributed by atoms with Crippen molar-refractivity contribution in [2.75, 3.05) is 13.1 Å². The van der Waals surface area contributed by atoms with E-state index in [9.17, 15) is 9.59 Å². The zero-order chi connectivity index (χ0) is 13.5. The molecule has 0 saturated carbocycles. The highest BCUT2D eigenvalue weighted by Crippen LogP contribution is 2.11. The number of hydrogen-bond acceptors (Lipinski definition) is 6. The largest absolute Gasteiger partial charge is 0.458 e. The molecule has 0 spiro atoms. The first-order valence-electron chi connectivity index (χ1n) is 6.45. The van der Waals surface area contributed by atoms with E-state index in [1.165, 1.54) is 0 Å². The van der Waals surface area contributed by atoms with Gasteiger partial charge in [0.1, 0.15) is 18.8 Å². The van der Waals surface area contributed by atoms with Crippen LogP contribution in [0.5, 0.6) is 0 Å². The zero-order valence-corrected chi connectivity index (χ0v) is 11.5. The molecule has 1 aromatic heterocycles. The summed E-state index contributed by atoms with van der Waals surface area (Å²) in [6, 6.07) is 0. The number of nitrogens with zero attached hydrogens (tertiary/aromatic N) is 3. The fourth-order valence-corrected chi connectivity index (χ4v) is 2.41. The van der Waals surface area contributed by atoms with Crippen LogP contribution in [0.2, 0.25) is 0 Å². The van der Waals surface area contributed by atoms with Crippen LogP contribution < -0.4 is 0 Å². The van der Waals surface area contributed by atoms with Crippen molar-refractivity contribution < 1.29 is 14.3 Å². The molecule has 0 atom stereocenters. The van der Waals surface area contributed by atoms with Gasteiger partial charge in [-0.1, -0.05) is 12.8 Å². The average molecular weight is 283 g/mol. The lowest BCUT2D eigenvalue weighted by Crippen LogP contribution is -2.37. The topological polar surface area (TPSA) is 72.4 Å². The van der Waals surface area contributed by atoms with E-state index in [4.69, 9.17) is 4.74 Å². The molecular weight excluding hydrogens is 266 g/mol. The molecule has 1 aliphatic heterocycles. The summed E-state index contributed by atoms with van der Waals surface area (Å²) in [5, 5.41) is 0. The Hall–Kier alpha value is -1.50. The summed E-state index contributed by atoms with van der Waals surface area (Å²) in [6.45, 7) is 0.806. The van der Waals surface area contributed by atoms with Crippen LogP contribution in [-0.4, -0.2) is 38.6 Å². The van der Waals surface area contributed by atoms with Gasteiger partial charge < -0.3 is 9.64 Å². The summed E-state index contributed by atoms with van der Waals surface area (Å²) in [7, 11) is 0. The predicted molar refractivity (Wildman–Crippen MR) is 69.4 cm³/mol. The van der Waals surface area contributed by atoms with Crippen molar-refractivity contribution in [1.82, 2.24) is 13.6 Å². The minimum Gasteiger partial charge on any atom is -0.458 e. The summed E-state index contributed by atoms with van der Waals surface area (Å²) in [6.07, 6.45) is 6.18. The van der Waals surface area contributed by atoms with E-state index in [0.717, 1.165) is 37.4 Å². The summed E-state index contributed by atoms with van der Waals surface area (Å²) < 4.78 is 12.9. The predicted octanol–water partition coefficient (Wildman–Crippen LogP) is 1.37. The van der Waals surface area contributed by atoms with Crippen molar-refractivity contribution in [2.45, 2.75) is 38.7 Å². The van der Waals surface area contributed by atoms with Gasteiger partial charge in [-0.2, -0.15) is 8.75 Å². The van der Waals surface area contributed by atoms with Crippen LogP contribution in [0.1, 0.15) is 37.8 Å². The number of carbonyl (C=O) groups excluding carboxylic acids is 2. The molecule has 0 radical (unpaired) electrons. The number of aromatic nitrogens is 2. The van der Waals surface area contributed by atoms with Gasteiger partial charge in [0.2, 0.25) is 5.91 Å². The fourth-order valence-electron chi connectivity index (χ4n) is 1.99. The molecule has 2 heterocycles. The lowest BCUT2D eigenvalue weighted by atomic mass is 10.1. The number of carbonyl (C=O) groups is 2. The van der Waals surface area contributed by atoms with E-state index in [2.05, 4.69) is 8.75 Å². The van der Waals surface area contributed by atoms with Crippen LogP contribution in [0.3, 0.4) is 0 Å². The highest BCUT2D eigenvalue weighted by molar-refractivity contribution is 6.99. The maximum absolute atomic E-state index is 11.8. The summed E-state index contributed by atoms with van der Waals surface area (Å²) in [4.78, 5) is 25.1. The number of rotatable bonds is 4. The van der Waals surface area contributed by atoms with E-state index in [0.29, 0.717) is 18.7 Å². The van der Waals surface area contributed by atoms with Crippen LogP contribution in [0, 0.1) is 0 Å². The van der Waals surface area contributed by atoms with Gasteiger partial charge in [-0.15, -0.1) is 0 Å². The normalized spacial score (nSPS) is 16.8. The van der Waals surface area contributed by atoms with Gasteiger partial charge in [0.25, 0.3) is 0 Å². The smallest absolute Gasteiger partial charge is 0.326 e. The Morgan fingerprint density at radius 1 is 1.37 bits per heavy atom. The van der Waals surface area contributed by atoms with Gasteiger partial charge in [-0.3, -0.25) is 9.59 Å². The number of esters is 1. The summed E-state index contributed by atoms with van der Waals surface area (Å²) >= 11 is 1.08. The number of amides is 1. The Labute approximate surface area is 116 Å². The fraction of sp³-hybridized carbons (Fsp3) is 0.667. The first-order valence-corrected chi connectivity index (χ1v) is 7.18. The van der Waals surface area contributed by atoms with Crippen molar-refractivity contribution in [3.63, 3.8) is 0 Å². The molecule has 1 aliphatic rings. The second-order valence-electron chi connectivity index (χ2n) is 4.54. The first kappa shape index (κ1) is 13.9. The lowest BCUT2D eigenvalue weighted by Gasteiger charge is -2.23. The van der Waals surface area contributed by atoms with E-state index in [-0.39, 0.29) is 25.0 Å². The molecule has 7 heteroatoms. The lowest BCUT2D eigenvalue weighted by molar-refractivity contribution is -0.150. The van der Waals surface area contributed by atoms with E-state index in [1.807, 2.05) is 0 Å². The van der Waals surface area contributed by atoms with Crippen LogP contribution in [0.4, 0.5) is 0 Å². The molecule has 1 amide bonds. The van der Waals surface area contributed by atoms with Crippen LogP contribution in [0.25, 0.3) is 0 Å². The molecule has 6 nitrogen and oxygen atoms in total. The Morgan fingerprint density at radius 2 is 2.21 bits per heavy atom. The Balaban J connectivity index is 1.77. The number of likely N-dealkylation sites (tertiary alicyclic amines) is 1. The molecule has 104 valence electrons. The molecule has 0 aromatic carbocycles. The highest BCUT2D eigenvalue weighted by atomic mass is 32.1. The van der Waals surface area contributed by atoms with Gasteiger partial charge in [0.15, 0.2) is 0 Å². The molecule has 1 aromatic rings. The van der Waals surface area contributed by atoms with E-state index < -0.39 is 0 Å². The van der Waals surface area contributed by atoms with Crippen molar-refractivity contribution in [1.29, 1.82) is 0 Å². The maximum Gasteiger partial charge on any atom is 0.326 e. The first-order chi connectivity index (χ1) is 9.25. The SMILES string of the molecule is O=C(CN1CCCCCCC1=O)OCc1cnsn1. The number of ether oxygens (including phenoxy) is 1. The molecule has 2 rings (SSSR count). The molecular formula is C12H17N3O3S. The van der Waals surface area contributed by atoms with Crippen LogP contribution >= 0.6 is 11.7 Å². The third-order valence-electron chi connectivity index (χ3n) is 3.03. The minimum absolute atomic E-state index is 0.0381. The van der Waals surface area contributed by atoms with Gasteiger partial charge in [0.05, 0.1) is 17.9 Å². The standard InChI is InChI=1S/C12H17N3O3S/c16-11-5-3-1-2-4-6-15(11)8-12(17)18-9-10-7-13-19-14-10/h7H,1-6,8-9H2. The van der Waals surface area contributed by atoms with Crippen LogP contribution in [0.15, 0.2) is 6.20 Å². The second-order valence-corrected chi connectivity index (χ2v) is 5.10. The Bertz CT molecular complexity index is 422. The summed E-state index contributed by atoms with van der Waals surface area (Å²) in [5.41, 5.74) is 0.636. The highest BCUT2D eigenvalue weighted by Gasteiger charge is 2.19. The quantitative estimate of drug-likeness (QED) is 0.780. The Kier molecular flexibility index (Phi) is 5.26. The molecule has 0 bridgehead atoms.